The molecule has 0 saturated carbocycles. The molecule has 0 spiro atoms. The average Bonchev–Trinajstić information content (AvgIpc) is 2.27. The van der Waals surface area contributed by atoms with E-state index in [0.29, 0.717) is 11.1 Å². The van der Waals surface area contributed by atoms with E-state index in [9.17, 15) is 9.90 Å². The normalized spacial score (nSPS) is 10.2. The van der Waals surface area contributed by atoms with E-state index in [4.69, 9.17) is 4.74 Å². The van der Waals surface area contributed by atoms with Crippen molar-refractivity contribution in [1.82, 2.24) is 0 Å². The van der Waals surface area contributed by atoms with Crippen LogP contribution in [0.1, 0.15) is 10.4 Å². The van der Waals surface area contributed by atoms with Gasteiger partial charge in [-0.15, -0.1) is 0 Å². The Kier molecular flexibility index (Phi) is 2.29. The van der Waals surface area contributed by atoms with Gasteiger partial charge in [-0.1, -0.05) is 30.3 Å². The quantitative estimate of drug-likeness (QED) is 0.733. The van der Waals surface area contributed by atoms with E-state index in [1.54, 1.807) is 31.4 Å². The highest BCUT2D eigenvalue weighted by Gasteiger charge is 2.04. The number of methoxy groups -OCH3 is 1. The number of carbonyl (C=O) groups excluding carboxylic acids is 1. The molecule has 0 saturated heterocycles. The van der Waals surface area contributed by atoms with Crippen LogP contribution in [-0.4, -0.2) is 13.1 Å². The van der Waals surface area contributed by atoms with Crippen molar-refractivity contribution in [3.8, 4) is 5.75 Å². The third-order valence-electron chi connectivity index (χ3n) is 2.32. The van der Waals surface area contributed by atoms with Crippen molar-refractivity contribution in [2.75, 3.05) is 7.11 Å². The van der Waals surface area contributed by atoms with E-state index >= 15 is 0 Å². The van der Waals surface area contributed by atoms with Crippen molar-refractivity contribution in [2.45, 2.75) is 0 Å². The topological polar surface area (TPSA) is 49.4 Å². The number of fused-ring (bicyclic) bond motifs is 1. The molecule has 0 aliphatic carbocycles. The maximum Gasteiger partial charge on any atom is 0.126 e. The van der Waals surface area contributed by atoms with E-state index in [2.05, 4.69) is 0 Å². The highest BCUT2D eigenvalue weighted by Crippen LogP contribution is 2.27. The summed E-state index contributed by atoms with van der Waals surface area (Å²) in [5, 5.41) is 12.3. The fraction of sp³-hybridized carbons (Fsp3) is 0.0833. The molecule has 0 radical (unpaired) electrons. The molecule has 0 atom stereocenters. The van der Waals surface area contributed by atoms with Gasteiger partial charge in [-0.05, 0) is 11.5 Å². The SMILES string of the molecule is COc1cccc2c(C(=O)[O-])cccc12. The van der Waals surface area contributed by atoms with Gasteiger partial charge in [0.05, 0.1) is 13.1 Å². The Morgan fingerprint density at radius 1 is 1.13 bits per heavy atom. The van der Waals surface area contributed by atoms with Crippen molar-refractivity contribution in [1.29, 1.82) is 0 Å². The molecule has 0 bridgehead atoms. The molecule has 2 aromatic rings. The highest BCUT2D eigenvalue weighted by molar-refractivity contribution is 6.04. The minimum atomic E-state index is -1.17. The fourth-order valence-electron chi connectivity index (χ4n) is 1.64. The van der Waals surface area contributed by atoms with Crippen LogP contribution in [0.3, 0.4) is 0 Å². The fourth-order valence-corrected chi connectivity index (χ4v) is 1.64. The Morgan fingerprint density at radius 3 is 2.47 bits per heavy atom. The van der Waals surface area contributed by atoms with Gasteiger partial charge < -0.3 is 14.6 Å². The summed E-state index contributed by atoms with van der Waals surface area (Å²) in [6, 6.07) is 10.3. The largest absolute Gasteiger partial charge is 0.545 e. The van der Waals surface area contributed by atoms with Gasteiger partial charge in [0, 0.05) is 10.9 Å². The van der Waals surface area contributed by atoms with Crippen molar-refractivity contribution in [2.24, 2.45) is 0 Å². The molecule has 0 heterocycles. The van der Waals surface area contributed by atoms with Crippen LogP contribution in [0, 0.1) is 0 Å². The van der Waals surface area contributed by atoms with Gasteiger partial charge in [0.25, 0.3) is 0 Å². The number of hydrogen-bond donors (Lipinski definition) is 0. The van der Waals surface area contributed by atoms with Crippen molar-refractivity contribution < 1.29 is 14.6 Å². The molecule has 0 amide bonds. The van der Waals surface area contributed by atoms with Crippen molar-refractivity contribution in [3.05, 3.63) is 42.0 Å². The smallest absolute Gasteiger partial charge is 0.126 e. The van der Waals surface area contributed by atoms with Crippen LogP contribution in [0.2, 0.25) is 0 Å². The molecule has 2 aromatic carbocycles. The minimum absolute atomic E-state index is 0.186. The van der Waals surface area contributed by atoms with Crippen LogP contribution < -0.4 is 9.84 Å². The third kappa shape index (κ3) is 1.52. The van der Waals surface area contributed by atoms with Crippen LogP contribution in [0.5, 0.6) is 5.75 Å². The summed E-state index contributed by atoms with van der Waals surface area (Å²) in [4.78, 5) is 10.9. The Balaban J connectivity index is 2.82. The third-order valence-corrected chi connectivity index (χ3v) is 2.32. The predicted octanol–water partition coefficient (Wildman–Crippen LogP) is 1.21. The van der Waals surface area contributed by atoms with Crippen LogP contribution in [0.15, 0.2) is 36.4 Å². The molecular weight excluding hydrogens is 192 g/mol. The Bertz CT molecular complexity index is 517. The first kappa shape index (κ1) is 9.52. The summed E-state index contributed by atoms with van der Waals surface area (Å²) in [5.74, 6) is -0.510. The lowest BCUT2D eigenvalue weighted by molar-refractivity contribution is -0.254. The lowest BCUT2D eigenvalue weighted by atomic mass is 10.0. The number of aromatic carboxylic acids is 1. The van der Waals surface area contributed by atoms with Crippen LogP contribution >= 0.6 is 0 Å². The maximum atomic E-state index is 10.9. The van der Waals surface area contributed by atoms with Crippen LogP contribution in [0.4, 0.5) is 0 Å². The highest BCUT2D eigenvalue weighted by atomic mass is 16.5. The lowest BCUT2D eigenvalue weighted by Gasteiger charge is -2.09. The van der Waals surface area contributed by atoms with E-state index in [1.165, 1.54) is 6.07 Å². The number of rotatable bonds is 2. The molecule has 3 heteroatoms. The molecule has 0 aromatic heterocycles. The predicted molar refractivity (Wildman–Crippen MR) is 54.8 cm³/mol. The maximum absolute atomic E-state index is 10.9. The zero-order valence-corrected chi connectivity index (χ0v) is 8.19. The first-order valence-electron chi connectivity index (χ1n) is 4.51. The second-order valence-electron chi connectivity index (χ2n) is 3.15. The first-order chi connectivity index (χ1) is 7.24. The average molecular weight is 201 g/mol. The number of ether oxygens (including phenoxy) is 1. The van der Waals surface area contributed by atoms with Gasteiger partial charge in [0.1, 0.15) is 5.75 Å². The zero-order valence-electron chi connectivity index (χ0n) is 8.19. The van der Waals surface area contributed by atoms with E-state index in [0.717, 1.165) is 5.39 Å². The van der Waals surface area contributed by atoms with Crippen LogP contribution in [-0.2, 0) is 0 Å². The first-order valence-corrected chi connectivity index (χ1v) is 4.51. The molecule has 76 valence electrons. The second-order valence-corrected chi connectivity index (χ2v) is 3.15. The number of hydrogen-bond acceptors (Lipinski definition) is 3. The molecule has 2 rings (SSSR count). The molecule has 3 nitrogen and oxygen atoms in total. The van der Waals surface area contributed by atoms with E-state index in [-0.39, 0.29) is 5.56 Å². The Hall–Kier alpha value is -2.03. The van der Waals surface area contributed by atoms with Crippen LogP contribution in [0.25, 0.3) is 10.8 Å². The Labute approximate surface area is 86.9 Å². The number of benzene rings is 2. The summed E-state index contributed by atoms with van der Waals surface area (Å²) in [6.45, 7) is 0. The summed E-state index contributed by atoms with van der Waals surface area (Å²) >= 11 is 0. The van der Waals surface area contributed by atoms with E-state index in [1.807, 2.05) is 6.07 Å². The summed E-state index contributed by atoms with van der Waals surface area (Å²) in [7, 11) is 1.56. The summed E-state index contributed by atoms with van der Waals surface area (Å²) in [6.07, 6.45) is 0. The van der Waals surface area contributed by atoms with Gasteiger partial charge in [-0.3, -0.25) is 0 Å². The molecule has 0 aliphatic rings. The molecule has 0 unspecified atom stereocenters. The van der Waals surface area contributed by atoms with Gasteiger partial charge in [-0.2, -0.15) is 0 Å². The monoisotopic (exact) mass is 201 g/mol. The minimum Gasteiger partial charge on any atom is -0.545 e. The molecular formula is C12H9O3-. The summed E-state index contributed by atoms with van der Waals surface area (Å²) < 4.78 is 5.15. The second kappa shape index (κ2) is 3.61. The number of carbonyl (C=O) groups is 1. The standard InChI is InChI=1S/C12H10O3/c1-15-11-7-3-4-8-9(11)5-2-6-10(8)12(13)14/h2-7H,1H3,(H,13,14)/p-1. The lowest BCUT2D eigenvalue weighted by Crippen LogP contribution is -2.22. The molecule has 0 fully saturated rings. The molecule has 15 heavy (non-hydrogen) atoms. The number of carboxylic acids is 1. The van der Waals surface area contributed by atoms with Gasteiger partial charge in [0.2, 0.25) is 0 Å². The van der Waals surface area contributed by atoms with Crippen molar-refractivity contribution >= 4 is 16.7 Å². The summed E-state index contributed by atoms with van der Waals surface area (Å²) in [5.41, 5.74) is 0.186. The van der Waals surface area contributed by atoms with Gasteiger partial charge in [0.15, 0.2) is 0 Å². The zero-order chi connectivity index (χ0) is 10.8. The molecule has 0 aliphatic heterocycles. The Morgan fingerprint density at radius 2 is 1.80 bits per heavy atom. The molecule has 0 N–H and O–H groups in total. The van der Waals surface area contributed by atoms with Gasteiger partial charge >= 0.3 is 0 Å². The number of carboxylic acid groups (broad SMARTS) is 1. The van der Waals surface area contributed by atoms with E-state index < -0.39 is 5.97 Å². The van der Waals surface area contributed by atoms with Crippen molar-refractivity contribution in [3.63, 3.8) is 0 Å². The van der Waals surface area contributed by atoms with Gasteiger partial charge in [-0.25, -0.2) is 0 Å².